The maximum absolute atomic E-state index is 4.80. The molecule has 3 heteroatoms. The lowest BCUT2D eigenvalue weighted by Gasteiger charge is -2.22. The summed E-state index contributed by atoms with van der Waals surface area (Å²) in [6, 6.07) is 9.54. The summed E-state index contributed by atoms with van der Waals surface area (Å²) in [4.78, 5) is 4.80. The van der Waals surface area contributed by atoms with E-state index in [2.05, 4.69) is 41.9 Å². The van der Waals surface area contributed by atoms with Gasteiger partial charge in [-0.05, 0) is 24.8 Å². The van der Waals surface area contributed by atoms with Crippen molar-refractivity contribution < 1.29 is 0 Å². The molecule has 1 saturated carbocycles. The van der Waals surface area contributed by atoms with Crippen molar-refractivity contribution in [2.75, 3.05) is 6.54 Å². The van der Waals surface area contributed by atoms with Gasteiger partial charge in [-0.15, -0.1) is 11.3 Å². The van der Waals surface area contributed by atoms with E-state index in [1.807, 2.05) is 0 Å². The number of nitrogens with one attached hydrogen (secondary N) is 1. The van der Waals surface area contributed by atoms with Crippen LogP contribution in [0.4, 0.5) is 0 Å². The van der Waals surface area contributed by atoms with Crippen molar-refractivity contribution in [2.45, 2.75) is 57.9 Å². The van der Waals surface area contributed by atoms with Crippen LogP contribution in [0.15, 0.2) is 29.6 Å². The molecule has 0 atom stereocenters. The van der Waals surface area contributed by atoms with Gasteiger partial charge in [-0.2, -0.15) is 0 Å². The van der Waals surface area contributed by atoms with Crippen LogP contribution in [0.2, 0.25) is 0 Å². The van der Waals surface area contributed by atoms with Crippen LogP contribution in [-0.4, -0.2) is 17.6 Å². The molecule has 2 aromatic rings. The molecule has 0 saturated heterocycles. The lowest BCUT2D eigenvalue weighted by atomic mass is 9.95. The number of nitrogens with zero attached hydrogens (tertiary/aromatic N) is 1. The average Bonchev–Trinajstić information content (AvgIpc) is 3.05. The third-order valence-electron chi connectivity index (χ3n) is 4.59. The second-order valence-electron chi connectivity index (χ2n) is 6.22. The second-order valence-corrected chi connectivity index (χ2v) is 7.16. The van der Waals surface area contributed by atoms with Gasteiger partial charge >= 0.3 is 0 Å². The molecule has 1 heterocycles. The summed E-state index contributed by atoms with van der Waals surface area (Å²) in [5.41, 5.74) is 3.75. The van der Waals surface area contributed by atoms with Gasteiger partial charge < -0.3 is 5.32 Å². The van der Waals surface area contributed by atoms with Gasteiger partial charge in [0.25, 0.3) is 0 Å². The summed E-state index contributed by atoms with van der Waals surface area (Å²) in [5, 5.41) is 7.14. The van der Waals surface area contributed by atoms with E-state index in [0.29, 0.717) is 0 Å². The van der Waals surface area contributed by atoms with E-state index in [1.165, 1.54) is 48.2 Å². The van der Waals surface area contributed by atoms with Crippen LogP contribution in [0.5, 0.6) is 0 Å². The molecule has 1 N–H and O–H groups in total. The summed E-state index contributed by atoms with van der Waals surface area (Å²) in [6.45, 7) is 3.25. The second kappa shape index (κ2) is 7.89. The standard InChI is InChI=1S/C19H26N2S/c1-2-15-8-10-16(11-9-15)18-14-22-19(21-18)12-13-20-17-6-4-3-5-7-17/h8-11,14,17,20H,2-7,12-13H2,1H3. The van der Waals surface area contributed by atoms with Gasteiger partial charge in [-0.1, -0.05) is 50.5 Å². The van der Waals surface area contributed by atoms with Gasteiger partial charge in [0, 0.05) is 30.0 Å². The minimum absolute atomic E-state index is 0.745. The highest BCUT2D eigenvalue weighted by atomic mass is 32.1. The molecular formula is C19H26N2S. The van der Waals surface area contributed by atoms with Gasteiger partial charge in [0.05, 0.1) is 10.7 Å². The molecule has 1 aliphatic rings. The zero-order valence-electron chi connectivity index (χ0n) is 13.5. The molecule has 118 valence electrons. The van der Waals surface area contributed by atoms with Crippen LogP contribution in [-0.2, 0) is 12.8 Å². The van der Waals surface area contributed by atoms with Crippen molar-refractivity contribution in [3.63, 3.8) is 0 Å². The average molecular weight is 314 g/mol. The van der Waals surface area contributed by atoms with Crippen molar-refractivity contribution in [3.05, 3.63) is 40.2 Å². The van der Waals surface area contributed by atoms with Gasteiger partial charge in [-0.3, -0.25) is 0 Å². The van der Waals surface area contributed by atoms with E-state index in [-0.39, 0.29) is 0 Å². The topological polar surface area (TPSA) is 24.9 Å². The number of aryl methyl sites for hydroxylation is 1. The van der Waals surface area contributed by atoms with Gasteiger partial charge in [0.15, 0.2) is 0 Å². The molecule has 0 unspecified atom stereocenters. The molecular weight excluding hydrogens is 288 g/mol. The fraction of sp³-hybridized carbons (Fsp3) is 0.526. The SMILES string of the molecule is CCc1ccc(-c2csc(CCNC3CCCCC3)n2)cc1. The van der Waals surface area contributed by atoms with E-state index < -0.39 is 0 Å². The van der Waals surface area contributed by atoms with Crippen LogP contribution >= 0.6 is 11.3 Å². The normalized spacial score (nSPS) is 16.0. The molecule has 0 spiro atoms. The quantitative estimate of drug-likeness (QED) is 0.825. The van der Waals surface area contributed by atoms with Crippen molar-refractivity contribution in [2.24, 2.45) is 0 Å². The molecule has 1 fully saturated rings. The van der Waals surface area contributed by atoms with E-state index in [4.69, 9.17) is 4.98 Å². The third-order valence-corrected chi connectivity index (χ3v) is 5.50. The van der Waals surface area contributed by atoms with Crippen LogP contribution in [0, 0.1) is 0 Å². The van der Waals surface area contributed by atoms with Crippen LogP contribution < -0.4 is 5.32 Å². The maximum atomic E-state index is 4.80. The number of thiazole rings is 1. The molecule has 2 nitrogen and oxygen atoms in total. The number of rotatable bonds is 6. The van der Waals surface area contributed by atoms with Crippen LogP contribution in [0.25, 0.3) is 11.3 Å². The summed E-state index contributed by atoms with van der Waals surface area (Å²) in [7, 11) is 0. The maximum Gasteiger partial charge on any atom is 0.0945 e. The fourth-order valence-electron chi connectivity index (χ4n) is 3.16. The molecule has 1 aromatic heterocycles. The smallest absolute Gasteiger partial charge is 0.0945 e. The largest absolute Gasteiger partial charge is 0.314 e. The molecule has 0 radical (unpaired) electrons. The fourth-order valence-corrected chi connectivity index (χ4v) is 3.97. The summed E-state index contributed by atoms with van der Waals surface area (Å²) in [5.74, 6) is 0. The Balaban J connectivity index is 1.51. The number of hydrogen-bond donors (Lipinski definition) is 1. The molecule has 0 aliphatic heterocycles. The third kappa shape index (κ3) is 4.17. The van der Waals surface area contributed by atoms with Crippen molar-refractivity contribution in [1.82, 2.24) is 10.3 Å². The first-order valence-electron chi connectivity index (χ1n) is 8.62. The first-order valence-corrected chi connectivity index (χ1v) is 9.50. The monoisotopic (exact) mass is 314 g/mol. The van der Waals surface area contributed by atoms with Crippen molar-refractivity contribution in [1.29, 1.82) is 0 Å². The Morgan fingerprint density at radius 3 is 2.64 bits per heavy atom. The Morgan fingerprint density at radius 2 is 1.91 bits per heavy atom. The van der Waals surface area contributed by atoms with Crippen LogP contribution in [0.1, 0.15) is 49.6 Å². The molecule has 22 heavy (non-hydrogen) atoms. The zero-order chi connectivity index (χ0) is 15.2. The van der Waals surface area contributed by atoms with Gasteiger partial charge in [0.2, 0.25) is 0 Å². The van der Waals surface area contributed by atoms with Gasteiger partial charge in [-0.25, -0.2) is 4.98 Å². The lowest BCUT2D eigenvalue weighted by molar-refractivity contribution is 0.375. The van der Waals surface area contributed by atoms with Crippen molar-refractivity contribution >= 4 is 11.3 Å². The Kier molecular flexibility index (Phi) is 5.63. The Labute approximate surface area is 138 Å². The highest BCUT2D eigenvalue weighted by Gasteiger charge is 2.12. The van der Waals surface area contributed by atoms with E-state index in [1.54, 1.807) is 11.3 Å². The first kappa shape index (κ1) is 15.7. The van der Waals surface area contributed by atoms with E-state index >= 15 is 0 Å². The molecule has 3 rings (SSSR count). The summed E-state index contributed by atoms with van der Waals surface area (Å²) >= 11 is 1.79. The first-order chi connectivity index (χ1) is 10.8. The molecule has 0 amide bonds. The molecule has 1 aliphatic carbocycles. The molecule has 0 bridgehead atoms. The summed E-state index contributed by atoms with van der Waals surface area (Å²) < 4.78 is 0. The molecule has 1 aromatic carbocycles. The number of aromatic nitrogens is 1. The Bertz CT molecular complexity index is 567. The Hall–Kier alpha value is -1.19. The Morgan fingerprint density at radius 1 is 1.14 bits per heavy atom. The van der Waals surface area contributed by atoms with E-state index in [9.17, 15) is 0 Å². The minimum atomic E-state index is 0.745. The highest BCUT2D eigenvalue weighted by Crippen LogP contribution is 2.23. The lowest BCUT2D eigenvalue weighted by Crippen LogP contribution is -2.32. The zero-order valence-corrected chi connectivity index (χ0v) is 14.3. The summed E-state index contributed by atoms with van der Waals surface area (Å²) in [6.07, 6.45) is 9.06. The number of benzene rings is 1. The predicted octanol–water partition coefficient (Wildman–Crippen LogP) is 4.84. The van der Waals surface area contributed by atoms with Crippen molar-refractivity contribution in [3.8, 4) is 11.3 Å². The van der Waals surface area contributed by atoms with E-state index in [0.717, 1.165) is 31.1 Å². The minimum Gasteiger partial charge on any atom is -0.314 e. The highest BCUT2D eigenvalue weighted by molar-refractivity contribution is 7.09. The predicted molar refractivity (Wildman–Crippen MR) is 95.5 cm³/mol. The van der Waals surface area contributed by atoms with Gasteiger partial charge in [0.1, 0.15) is 0 Å². The number of hydrogen-bond acceptors (Lipinski definition) is 3. The van der Waals surface area contributed by atoms with Crippen LogP contribution in [0.3, 0.4) is 0 Å².